The number of anilines is 2. The summed E-state index contributed by atoms with van der Waals surface area (Å²) in [5.74, 6) is -0.751. The van der Waals surface area contributed by atoms with Crippen molar-refractivity contribution in [2.45, 2.75) is 47.0 Å². The first-order valence-corrected chi connectivity index (χ1v) is 23.1. The van der Waals surface area contributed by atoms with Gasteiger partial charge in [0, 0.05) is 41.9 Å². The molecule has 0 saturated carbocycles. The SMILES string of the molecule is C.CC(C)(C(=O)Nc1nncs1)C(c1ccccc1)c1ccc2c(cnn2-c2ccc(F)cc2)c1.Cn1ccc(NC(=O)C(C)(C)C(c2ccccc2)c2ccc3c(cnn3-c3ccc(F)cc3)c2)n1. The van der Waals surface area contributed by atoms with Gasteiger partial charge in [-0.15, -0.1) is 10.2 Å². The van der Waals surface area contributed by atoms with E-state index in [0.29, 0.717) is 10.9 Å². The van der Waals surface area contributed by atoms with Gasteiger partial charge in [0.2, 0.25) is 16.9 Å². The third kappa shape index (κ3) is 10.0. The first-order valence-electron chi connectivity index (χ1n) is 22.2. The van der Waals surface area contributed by atoms with Crippen molar-refractivity contribution in [2.75, 3.05) is 10.6 Å². The minimum absolute atomic E-state index is 0. The lowest BCUT2D eigenvalue weighted by Crippen LogP contribution is -2.37. The molecule has 0 aliphatic carbocycles. The normalized spacial score (nSPS) is 12.4. The second kappa shape index (κ2) is 20.2. The third-order valence-corrected chi connectivity index (χ3v) is 13.0. The van der Waals surface area contributed by atoms with Crippen LogP contribution in [-0.2, 0) is 16.6 Å². The Hall–Kier alpha value is -8.17. The van der Waals surface area contributed by atoms with Gasteiger partial charge in [-0.2, -0.15) is 15.3 Å². The molecule has 4 aromatic heterocycles. The Balaban J connectivity index is 0.000000186. The number of fused-ring (bicyclic) bond motifs is 2. The molecule has 70 heavy (non-hydrogen) atoms. The molecule has 0 spiro atoms. The van der Waals surface area contributed by atoms with Crippen LogP contribution in [0.3, 0.4) is 0 Å². The molecule has 2 atom stereocenters. The summed E-state index contributed by atoms with van der Waals surface area (Å²) >= 11 is 1.29. The van der Waals surface area contributed by atoms with Crippen molar-refractivity contribution in [1.29, 1.82) is 0 Å². The van der Waals surface area contributed by atoms with Crippen molar-refractivity contribution >= 4 is 55.9 Å². The molecule has 15 heteroatoms. The third-order valence-electron chi connectivity index (χ3n) is 12.4. The van der Waals surface area contributed by atoms with Gasteiger partial charge >= 0.3 is 0 Å². The maximum Gasteiger partial charge on any atom is 0.232 e. The van der Waals surface area contributed by atoms with E-state index in [1.165, 1.54) is 35.6 Å². The van der Waals surface area contributed by atoms with Gasteiger partial charge in [0.05, 0.1) is 45.6 Å². The van der Waals surface area contributed by atoms with Crippen LogP contribution in [0.25, 0.3) is 33.2 Å². The van der Waals surface area contributed by atoms with Crippen LogP contribution in [0.1, 0.15) is 69.2 Å². The number of rotatable bonds is 12. The summed E-state index contributed by atoms with van der Waals surface area (Å²) in [7, 11) is 1.81. The second-order valence-electron chi connectivity index (χ2n) is 17.9. The molecule has 2 N–H and O–H groups in total. The zero-order valence-electron chi connectivity index (χ0n) is 38.5. The number of hydrogen-bond donors (Lipinski definition) is 2. The number of nitrogens with one attached hydrogen (secondary N) is 2. The number of aryl methyl sites for hydroxylation is 1. The number of hydrogen-bond acceptors (Lipinski definition) is 8. The number of amides is 2. The predicted octanol–water partition coefficient (Wildman–Crippen LogP) is 12.1. The zero-order chi connectivity index (χ0) is 48.3. The predicted molar refractivity (Wildman–Crippen MR) is 273 cm³/mol. The van der Waals surface area contributed by atoms with Crippen LogP contribution in [0.2, 0.25) is 0 Å². The van der Waals surface area contributed by atoms with Gasteiger partial charge in [-0.05, 0) is 95.1 Å². The Morgan fingerprint density at radius 3 is 1.46 bits per heavy atom. The fourth-order valence-corrected chi connectivity index (χ4v) is 9.33. The highest BCUT2D eigenvalue weighted by molar-refractivity contribution is 7.13. The molecule has 0 saturated heterocycles. The fraction of sp³-hybridized carbons (Fsp3) is 0.182. The molecule has 0 aliphatic rings. The van der Waals surface area contributed by atoms with E-state index in [9.17, 15) is 18.4 Å². The number of aromatic nitrogens is 8. The van der Waals surface area contributed by atoms with Crippen molar-refractivity contribution in [1.82, 2.24) is 39.5 Å². The summed E-state index contributed by atoms with van der Waals surface area (Å²) in [6.07, 6.45) is 5.38. The van der Waals surface area contributed by atoms with Gasteiger partial charge in [0.15, 0.2) is 5.82 Å². The van der Waals surface area contributed by atoms with Crippen molar-refractivity contribution < 1.29 is 18.4 Å². The van der Waals surface area contributed by atoms with E-state index < -0.39 is 10.8 Å². The van der Waals surface area contributed by atoms with E-state index in [-0.39, 0.29) is 42.7 Å². The standard InChI is InChI=1S/C28H26FN5O.C26H22FN5OS.CH4/c1-28(2,27(35)31-25-15-16-33(3)32-25)26(19-7-5-4-6-8-19)20-9-14-24-21(17-20)18-30-34(24)23-12-10-22(29)11-13-23;1-26(2,24(33)30-25-31-28-16-34-25)23(17-6-4-3-5-7-17)18-8-13-22-19(14-18)15-29-32(22)21-11-9-20(27)10-12-21;/h4-18,26H,1-3H3,(H,31,32,35);3-16,23H,1-2H3,(H,30,31,33);1H4. The lowest BCUT2D eigenvalue weighted by atomic mass is 9.70. The van der Waals surface area contributed by atoms with Gasteiger partial charge in [-0.25, -0.2) is 18.1 Å². The minimum atomic E-state index is -0.798. The Morgan fingerprint density at radius 1 is 0.586 bits per heavy atom. The lowest BCUT2D eigenvalue weighted by molar-refractivity contribution is -0.125. The maximum atomic E-state index is 13.5. The van der Waals surface area contributed by atoms with Crippen LogP contribution in [0.15, 0.2) is 176 Å². The van der Waals surface area contributed by atoms with Crippen LogP contribution in [-0.4, -0.2) is 51.4 Å². The average molecular weight is 955 g/mol. The molecule has 10 rings (SSSR count). The quantitative estimate of drug-likeness (QED) is 0.124. The summed E-state index contributed by atoms with van der Waals surface area (Å²) in [6.45, 7) is 7.78. The van der Waals surface area contributed by atoms with Crippen molar-refractivity contribution in [2.24, 2.45) is 17.9 Å². The summed E-state index contributed by atoms with van der Waals surface area (Å²) in [4.78, 5) is 26.9. The van der Waals surface area contributed by atoms with Gasteiger partial charge in [-0.3, -0.25) is 14.3 Å². The van der Waals surface area contributed by atoms with Crippen LogP contribution < -0.4 is 10.6 Å². The maximum absolute atomic E-state index is 13.5. The first-order chi connectivity index (χ1) is 33.3. The molecule has 0 bridgehead atoms. The van der Waals surface area contributed by atoms with Crippen molar-refractivity contribution in [3.8, 4) is 11.4 Å². The number of benzene rings is 6. The van der Waals surface area contributed by atoms with E-state index in [4.69, 9.17) is 0 Å². The molecule has 2 amide bonds. The highest BCUT2D eigenvalue weighted by atomic mass is 32.1. The molecule has 4 heterocycles. The number of carbonyl (C=O) groups excluding carboxylic acids is 2. The van der Waals surface area contributed by atoms with E-state index in [0.717, 1.165) is 55.4 Å². The molecule has 0 aliphatic heterocycles. The molecule has 6 aromatic carbocycles. The number of halogens is 2. The largest absolute Gasteiger partial charge is 0.309 e. The molecule has 0 fully saturated rings. The Kier molecular flexibility index (Phi) is 13.9. The number of carbonyl (C=O) groups is 2. The molecule has 354 valence electrons. The second-order valence-corrected chi connectivity index (χ2v) is 18.7. The van der Waals surface area contributed by atoms with Gasteiger partial charge < -0.3 is 10.6 Å². The van der Waals surface area contributed by atoms with Crippen LogP contribution in [0, 0.1) is 22.5 Å². The van der Waals surface area contributed by atoms with Gasteiger partial charge in [0.25, 0.3) is 0 Å². The monoisotopic (exact) mass is 954 g/mol. The van der Waals surface area contributed by atoms with E-state index in [1.54, 1.807) is 68.5 Å². The van der Waals surface area contributed by atoms with E-state index in [1.807, 2.05) is 120 Å². The summed E-state index contributed by atoms with van der Waals surface area (Å²) < 4.78 is 32.0. The van der Waals surface area contributed by atoms with E-state index >= 15 is 0 Å². The van der Waals surface area contributed by atoms with Crippen molar-refractivity contribution in [3.05, 3.63) is 210 Å². The molecule has 0 radical (unpaired) electrons. The molecule has 10 aromatic rings. The van der Waals surface area contributed by atoms with Crippen LogP contribution in [0.4, 0.5) is 19.7 Å². The summed E-state index contributed by atoms with van der Waals surface area (Å²) in [5, 5.41) is 29.3. The van der Waals surface area contributed by atoms with Gasteiger partial charge in [0.1, 0.15) is 17.1 Å². The molecular weight excluding hydrogens is 903 g/mol. The highest BCUT2D eigenvalue weighted by Crippen LogP contribution is 2.44. The fourth-order valence-electron chi connectivity index (χ4n) is 8.89. The Labute approximate surface area is 408 Å². The first kappa shape index (κ1) is 48.3. The highest BCUT2D eigenvalue weighted by Gasteiger charge is 2.41. The zero-order valence-corrected chi connectivity index (χ0v) is 39.3. The van der Waals surface area contributed by atoms with Crippen LogP contribution >= 0.6 is 11.3 Å². The molecule has 2 unspecified atom stereocenters. The van der Waals surface area contributed by atoms with E-state index in [2.05, 4.69) is 48.3 Å². The van der Waals surface area contributed by atoms with Crippen molar-refractivity contribution in [3.63, 3.8) is 0 Å². The number of nitrogens with zero attached hydrogens (tertiary/aromatic N) is 8. The molecule has 12 nitrogen and oxygen atoms in total. The lowest BCUT2D eigenvalue weighted by Gasteiger charge is -2.34. The minimum Gasteiger partial charge on any atom is -0.309 e. The molecular formula is C55H52F2N10O2S. The topological polar surface area (TPSA) is 137 Å². The average Bonchev–Trinajstić information content (AvgIpc) is 4.19. The van der Waals surface area contributed by atoms with Crippen LogP contribution in [0.5, 0.6) is 0 Å². The van der Waals surface area contributed by atoms with Gasteiger partial charge in [-0.1, -0.05) is 119 Å². The Bertz CT molecular complexity index is 3370. The summed E-state index contributed by atoms with van der Waals surface area (Å²) in [5.41, 5.74) is 7.44. The Morgan fingerprint density at radius 2 is 1.04 bits per heavy atom. The summed E-state index contributed by atoms with van der Waals surface area (Å²) in [6, 6.07) is 46.5. The smallest absolute Gasteiger partial charge is 0.232 e.